The fourth-order valence-electron chi connectivity index (χ4n) is 2.03. The fourth-order valence-corrected chi connectivity index (χ4v) is 3.30. The Morgan fingerprint density at radius 1 is 1.52 bits per heavy atom. The predicted molar refractivity (Wildman–Crippen MR) is 73.1 cm³/mol. The van der Waals surface area contributed by atoms with Gasteiger partial charge in [-0.15, -0.1) is 0 Å². The van der Waals surface area contributed by atoms with Gasteiger partial charge in [-0.1, -0.05) is 4.67 Å². The summed E-state index contributed by atoms with van der Waals surface area (Å²) in [5.41, 5.74) is -0.409. The number of nitrogens with zero attached hydrogens (tertiary/aromatic N) is 2. The Kier molecular flexibility index (Phi) is 4.11. The minimum absolute atomic E-state index is 0.0563. The highest BCUT2D eigenvalue weighted by atomic mass is 31.1. The maximum Gasteiger partial charge on any atom is 0.578 e. The number of aromatic nitrogens is 2. The molecule has 0 radical (unpaired) electrons. The molecular weight excluding hydrogens is 297 g/mol. The van der Waals surface area contributed by atoms with E-state index in [1.807, 2.05) is 0 Å². The molecule has 1 aromatic rings. The normalized spacial score (nSPS) is 19.8. The number of H-pyrrole nitrogens is 1. The highest BCUT2D eigenvalue weighted by molar-refractivity contribution is 7.60. The lowest BCUT2D eigenvalue weighted by Crippen LogP contribution is -2.42. The molecule has 1 aromatic heterocycles. The van der Waals surface area contributed by atoms with Crippen LogP contribution in [0.1, 0.15) is 32.2 Å². The van der Waals surface area contributed by atoms with Crippen LogP contribution in [0.3, 0.4) is 0 Å². The second kappa shape index (κ2) is 5.54. The number of hydrogen-bond acceptors (Lipinski definition) is 5. The van der Waals surface area contributed by atoms with Crippen molar-refractivity contribution in [3.05, 3.63) is 17.7 Å². The molecule has 2 heterocycles. The molecule has 0 aliphatic carbocycles. The number of hydrogen-bond donors (Lipinski definition) is 2. The number of carbonyl (C=O) groups is 2. The number of imidazole rings is 1. The van der Waals surface area contributed by atoms with Gasteiger partial charge in [0.15, 0.2) is 6.04 Å². The zero-order chi connectivity index (χ0) is 15.8. The van der Waals surface area contributed by atoms with Gasteiger partial charge >= 0.3 is 19.6 Å². The van der Waals surface area contributed by atoms with Crippen LogP contribution < -0.4 is 0 Å². The molecule has 0 amide bonds. The monoisotopic (exact) mass is 314 g/mol. The van der Waals surface area contributed by atoms with Crippen molar-refractivity contribution >= 4 is 19.6 Å². The van der Waals surface area contributed by atoms with Crippen LogP contribution in [0.4, 0.5) is 4.79 Å². The Hall–Kier alpha value is -1.79. The van der Waals surface area contributed by atoms with Crippen molar-refractivity contribution in [3.8, 4) is 0 Å². The molecule has 2 N–H and O–H groups in total. The van der Waals surface area contributed by atoms with E-state index in [4.69, 9.17) is 4.74 Å². The molecule has 0 bridgehead atoms. The van der Waals surface area contributed by atoms with E-state index in [2.05, 4.69) is 9.97 Å². The summed E-state index contributed by atoms with van der Waals surface area (Å²) in [6, 6.07) is -1.06. The fraction of sp³-hybridized carbons (Fsp3) is 0.583. The third-order valence-corrected chi connectivity index (χ3v) is 4.23. The molecule has 0 saturated heterocycles. The summed E-state index contributed by atoms with van der Waals surface area (Å²) in [5.74, 6) is -1.14. The molecule has 0 saturated carbocycles. The lowest BCUT2D eigenvalue weighted by atomic mass is 10.1. The largest absolute Gasteiger partial charge is 0.578 e. The third kappa shape index (κ3) is 3.46. The van der Waals surface area contributed by atoms with Crippen LogP contribution in [0.25, 0.3) is 0 Å². The number of ether oxygens (including phenoxy) is 1. The SMILES string of the molecule is CC(C)(C)OC(=O)[P+](=O)N1Cc2[nH]cnc2C[C@H]1C(=O)O. The first-order valence-electron chi connectivity index (χ1n) is 6.40. The number of carbonyl (C=O) groups excluding carboxylic acids is 1. The number of rotatable bonds is 3. The molecule has 0 aromatic carbocycles. The van der Waals surface area contributed by atoms with E-state index < -0.39 is 31.3 Å². The molecule has 21 heavy (non-hydrogen) atoms. The molecule has 9 heteroatoms. The van der Waals surface area contributed by atoms with Gasteiger partial charge in [0.05, 0.1) is 24.3 Å². The zero-order valence-electron chi connectivity index (χ0n) is 12.0. The Morgan fingerprint density at radius 2 is 2.19 bits per heavy atom. The minimum Gasteiger partial charge on any atom is -0.480 e. The maximum absolute atomic E-state index is 12.3. The van der Waals surface area contributed by atoms with Crippen molar-refractivity contribution in [1.29, 1.82) is 0 Å². The van der Waals surface area contributed by atoms with Gasteiger partial charge < -0.3 is 14.8 Å². The number of nitrogens with one attached hydrogen (secondary N) is 1. The van der Waals surface area contributed by atoms with Crippen molar-refractivity contribution in [2.24, 2.45) is 0 Å². The van der Waals surface area contributed by atoms with Crippen LogP contribution in [0.2, 0.25) is 0 Å². The number of aliphatic carboxylic acids is 1. The van der Waals surface area contributed by atoms with Crippen LogP contribution in [-0.4, -0.2) is 43.1 Å². The lowest BCUT2D eigenvalue weighted by molar-refractivity contribution is -0.141. The van der Waals surface area contributed by atoms with E-state index in [0.29, 0.717) is 11.4 Å². The van der Waals surface area contributed by atoms with Crippen molar-refractivity contribution in [3.63, 3.8) is 0 Å². The quantitative estimate of drug-likeness (QED) is 0.819. The maximum atomic E-state index is 12.3. The molecule has 1 aliphatic heterocycles. The molecule has 114 valence electrons. The first-order chi connectivity index (χ1) is 9.69. The molecule has 8 nitrogen and oxygen atoms in total. The lowest BCUT2D eigenvalue weighted by Gasteiger charge is -2.23. The van der Waals surface area contributed by atoms with Gasteiger partial charge in [-0.25, -0.2) is 4.98 Å². The first kappa shape index (κ1) is 15.6. The Morgan fingerprint density at radius 3 is 2.76 bits per heavy atom. The standard InChI is InChI=1S/C12H16N3O5P/c1-12(2,3)20-11(18)21(19)15-5-8-7(13-6-14-8)4-9(15)10(16)17/h6,9H,4-5H2,1-3H3,(H-,13,14,16,17)/p+1/t9-/m0/s1. The predicted octanol–water partition coefficient (Wildman–Crippen LogP) is 1.90. The van der Waals surface area contributed by atoms with E-state index in [9.17, 15) is 19.3 Å². The molecule has 0 fully saturated rings. The van der Waals surface area contributed by atoms with E-state index in [1.165, 1.54) is 6.33 Å². The van der Waals surface area contributed by atoms with Crippen LogP contribution in [0, 0.1) is 0 Å². The summed E-state index contributed by atoms with van der Waals surface area (Å²) in [4.78, 5) is 30.2. The molecule has 1 unspecified atom stereocenters. The van der Waals surface area contributed by atoms with Crippen molar-refractivity contribution in [2.45, 2.75) is 45.4 Å². The average Bonchev–Trinajstić information content (AvgIpc) is 2.81. The van der Waals surface area contributed by atoms with Gasteiger partial charge in [-0.2, -0.15) is 4.79 Å². The van der Waals surface area contributed by atoms with E-state index in [0.717, 1.165) is 4.67 Å². The first-order valence-corrected chi connectivity index (χ1v) is 7.61. The van der Waals surface area contributed by atoms with Crippen LogP contribution in [0.15, 0.2) is 6.33 Å². The summed E-state index contributed by atoms with van der Waals surface area (Å²) in [5, 5.41) is 9.27. The van der Waals surface area contributed by atoms with Crippen LogP contribution in [-0.2, 0) is 27.1 Å². The van der Waals surface area contributed by atoms with Crippen molar-refractivity contribution in [1.82, 2.24) is 14.6 Å². The Bertz CT molecular complexity index is 592. The average molecular weight is 314 g/mol. The van der Waals surface area contributed by atoms with Crippen molar-refractivity contribution in [2.75, 3.05) is 0 Å². The zero-order valence-corrected chi connectivity index (χ0v) is 12.9. The van der Waals surface area contributed by atoms with Gasteiger partial charge in [0, 0.05) is 6.42 Å². The highest BCUT2D eigenvalue weighted by Gasteiger charge is 2.50. The Labute approximate surface area is 122 Å². The number of aromatic amines is 1. The topological polar surface area (TPSA) is 113 Å². The smallest absolute Gasteiger partial charge is 0.480 e. The summed E-state index contributed by atoms with van der Waals surface area (Å²) >= 11 is 0. The summed E-state index contributed by atoms with van der Waals surface area (Å²) in [7, 11) is -2.61. The van der Waals surface area contributed by atoms with Gasteiger partial charge in [0.1, 0.15) is 5.60 Å². The van der Waals surface area contributed by atoms with Gasteiger partial charge in [0.25, 0.3) is 0 Å². The molecule has 0 spiro atoms. The molecule has 1 aliphatic rings. The third-order valence-electron chi connectivity index (χ3n) is 2.94. The van der Waals surface area contributed by atoms with E-state index in [-0.39, 0.29) is 13.0 Å². The van der Waals surface area contributed by atoms with Gasteiger partial charge in [-0.05, 0) is 25.3 Å². The summed E-state index contributed by atoms with van der Waals surface area (Å²) in [6.07, 6.45) is 1.55. The summed E-state index contributed by atoms with van der Waals surface area (Å²) < 4.78 is 18.5. The van der Waals surface area contributed by atoms with E-state index in [1.54, 1.807) is 20.8 Å². The highest BCUT2D eigenvalue weighted by Crippen LogP contribution is 2.38. The van der Waals surface area contributed by atoms with Gasteiger partial charge in [0.2, 0.25) is 0 Å². The molecular formula is C12H17N3O5P+. The van der Waals surface area contributed by atoms with Crippen molar-refractivity contribution < 1.29 is 24.0 Å². The number of carboxylic acid groups (broad SMARTS) is 1. The summed E-state index contributed by atoms with van der Waals surface area (Å²) in [6.45, 7) is 5.03. The minimum atomic E-state index is -2.61. The molecule has 2 atom stereocenters. The van der Waals surface area contributed by atoms with E-state index >= 15 is 0 Å². The number of fused-ring (bicyclic) bond motifs is 1. The van der Waals surface area contributed by atoms with Crippen LogP contribution >= 0.6 is 7.95 Å². The number of carboxylic acids is 1. The second-order valence-electron chi connectivity index (χ2n) is 5.74. The van der Waals surface area contributed by atoms with Crippen LogP contribution in [0.5, 0.6) is 0 Å². The molecule has 2 rings (SSSR count). The van der Waals surface area contributed by atoms with Gasteiger partial charge in [-0.3, -0.25) is 4.79 Å². The Balaban J connectivity index is 2.22. The second-order valence-corrected chi connectivity index (χ2v) is 7.16.